The summed E-state index contributed by atoms with van der Waals surface area (Å²) in [6, 6.07) is 0. The highest BCUT2D eigenvalue weighted by Gasteiger charge is 2.38. The molecule has 10 heteroatoms. The van der Waals surface area contributed by atoms with Crippen LogP contribution >= 0.6 is 34.3 Å². The zero-order valence-corrected chi connectivity index (χ0v) is 10.2. The van der Waals surface area contributed by atoms with Crippen LogP contribution in [0, 0.1) is 0 Å². The van der Waals surface area contributed by atoms with E-state index >= 15 is 0 Å². The summed E-state index contributed by atoms with van der Waals surface area (Å²) in [5.74, 6) is -1.58. The Morgan fingerprint density at radius 3 is 2.20 bits per heavy atom. The Bertz CT molecular complexity index is 456. The Morgan fingerprint density at radius 2 is 1.87 bits per heavy atom. The van der Waals surface area contributed by atoms with E-state index < -0.39 is 30.9 Å². The lowest BCUT2D eigenvalue weighted by Gasteiger charge is -2.04. The van der Waals surface area contributed by atoms with E-state index in [1.807, 2.05) is 0 Å². The monoisotopic (exact) mass is 291 g/mol. The molecule has 0 fully saturated rings. The number of amides is 2. The highest BCUT2D eigenvalue weighted by atomic mass is 35.5. The number of carbonyl (C=O) groups is 2. The van der Waals surface area contributed by atoms with E-state index in [2.05, 4.69) is 15.6 Å². The minimum Gasteiger partial charge on any atom is -0.276 e. The van der Waals surface area contributed by atoms with Crippen molar-refractivity contribution in [1.29, 1.82) is 0 Å². The van der Waals surface area contributed by atoms with E-state index in [4.69, 9.17) is 11.6 Å². The maximum atomic E-state index is 11.3. The third-order valence-corrected chi connectivity index (χ3v) is 4.86. The molecule has 0 aromatic carbocycles. The lowest BCUT2D eigenvalue weighted by molar-refractivity contribution is -0.135. The fourth-order valence-corrected chi connectivity index (χ4v) is 3.21. The molecule has 0 spiro atoms. The third kappa shape index (κ3) is 2.45. The first kappa shape index (κ1) is 12.8. The quantitative estimate of drug-likeness (QED) is 0.559. The summed E-state index contributed by atoms with van der Waals surface area (Å²) in [6.07, 6.45) is 0. The van der Waals surface area contributed by atoms with Gasteiger partial charge in [0, 0.05) is 17.8 Å². The maximum Gasteiger partial charge on any atom is 0.343 e. The minimum atomic E-state index is -4.18. The van der Waals surface area contributed by atoms with Gasteiger partial charge in [0.2, 0.25) is 0 Å². The summed E-state index contributed by atoms with van der Waals surface area (Å²) in [7, 11) is -3.01. The number of rotatable bonds is 3. The van der Waals surface area contributed by atoms with Gasteiger partial charge < -0.3 is 0 Å². The van der Waals surface area contributed by atoms with E-state index in [9.17, 15) is 18.0 Å². The standard InChI is InChI=1S/C5H3Cl2NO5S2/c1-8-4(9)2(6)3(5(8)10)14-15(11,12)13-7/h1H3. The molecule has 84 valence electrons. The summed E-state index contributed by atoms with van der Waals surface area (Å²) in [4.78, 5) is 22.7. The minimum absolute atomic E-state index is 0.0131. The molecular formula is C5H3Cl2NO5S2. The van der Waals surface area contributed by atoms with Gasteiger partial charge in [-0.15, -0.1) is 3.74 Å². The molecule has 1 heterocycles. The van der Waals surface area contributed by atoms with Crippen molar-refractivity contribution in [3.63, 3.8) is 0 Å². The smallest absolute Gasteiger partial charge is 0.276 e. The number of imide groups is 1. The first-order valence-electron chi connectivity index (χ1n) is 3.27. The molecule has 2 amide bonds. The number of hydrogen-bond acceptors (Lipinski definition) is 6. The van der Waals surface area contributed by atoms with Gasteiger partial charge in [-0.3, -0.25) is 14.5 Å². The van der Waals surface area contributed by atoms with Gasteiger partial charge in [-0.2, -0.15) is 8.42 Å². The molecule has 0 aliphatic carbocycles. The van der Waals surface area contributed by atoms with Crippen LogP contribution in [0.2, 0.25) is 0 Å². The number of halogens is 2. The Kier molecular flexibility index (Phi) is 3.67. The summed E-state index contributed by atoms with van der Waals surface area (Å²) in [5, 5.41) is -0.468. The second-order valence-electron chi connectivity index (χ2n) is 2.37. The molecule has 1 rings (SSSR count). The van der Waals surface area contributed by atoms with Gasteiger partial charge in [-0.1, -0.05) is 11.6 Å². The van der Waals surface area contributed by atoms with Crippen LogP contribution in [0.25, 0.3) is 0 Å². The van der Waals surface area contributed by atoms with Crippen molar-refractivity contribution in [3.05, 3.63) is 9.94 Å². The largest absolute Gasteiger partial charge is 0.343 e. The number of likely N-dealkylation sites (N-methyl/N-ethyl adjacent to an activating group) is 1. The van der Waals surface area contributed by atoms with Crippen LogP contribution in [0.3, 0.4) is 0 Å². The predicted molar refractivity (Wildman–Crippen MR) is 54.1 cm³/mol. The van der Waals surface area contributed by atoms with E-state index in [-0.39, 0.29) is 10.8 Å². The van der Waals surface area contributed by atoms with Gasteiger partial charge >= 0.3 is 9.15 Å². The molecule has 0 aromatic rings. The molecule has 6 nitrogen and oxygen atoms in total. The third-order valence-electron chi connectivity index (χ3n) is 1.45. The molecule has 0 radical (unpaired) electrons. The highest BCUT2D eigenvalue weighted by Crippen LogP contribution is 2.35. The first-order chi connectivity index (χ1) is 6.80. The van der Waals surface area contributed by atoms with Crippen LogP contribution in [-0.2, 0) is 22.5 Å². The normalized spacial score (nSPS) is 17.9. The molecule has 0 saturated heterocycles. The summed E-state index contributed by atoms with van der Waals surface area (Å²) in [5.41, 5.74) is 0. The van der Waals surface area contributed by atoms with Crippen molar-refractivity contribution < 1.29 is 21.7 Å². The molecular weight excluding hydrogens is 289 g/mol. The van der Waals surface area contributed by atoms with Gasteiger partial charge in [0.05, 0.1) is 11.9 Å². The van der Waals surface area contributed by atoms with Crippen molar-refractivity contribution in [2.45, 2.75) is 0 Å². The molecule has 0 unspecified atom stereocenters. The number of hydrogen-bond donors (Lipinski definition) is 0. The van der Waals surface area contributed by atoms with Crippen LogP contribution in [-0.4, -0.2) is 32.2 Å². The molecule has 0 atom stereocenters. The van der Waals surface area contributed by atoms with Crippen LogP contribution in [0.1, 0.15) is 0 Å². The van der Waals surface area contributed by atoms with Gasteiger partial charge in [0.1, 0.15) is 9.94 Å². The van der Waals surface area contributed by atoms with Crippen molar-refractivity contribution in [3.8, 4) is 0 Å². The van der Waals surface area contributed by atoms with E-state index in [0.717, 1.165) is 0 Å². The average Bonchev–Trinajstić information content (AvgIpc) is 2.36. The van der Waals surface area contributed by atoms with E-state index in [1.165, 1.54) is 7.05 Å². The highest BCUT2D eigenvalue weighted by molar-refractivity contribution is 8.72. The molecule has 1 aliphatic heterocycles. The fourth-order valence-electron chi connectivity index (χ4n) is 0.770. The zero-order valence-electron chi connectivity index (χ0n) is 7.06. The molecule has 0 bridgehead atoms. The van der Waals surface area contributed by atoms with Crippen LogP contribution in [0.15, 0.2) is 9.94 Å². The summed E-state index contributed by atoms with van der Waals surface area (Å²) >= 11 is 10.1. The number of nitrogens with zero attached hydrogens (tertiary/aromatic N) is 1. The molecule has 15 heavy (non-hydrogen) atoms. The van der Waals surface area contributed by atoms with E-state index in [1.54, 1.807) is 0 Å². The van der Waals surface area contributed by atoms with Gasteiger partial charge in [0.25, 0.3) is 11.8 Å². The second kappa shape index (κ2) is 4.30. The zero-order chi connectivity index (χ0) is 11.8. The summed E-state index contributed by atoms with van der Waals surface area (Å²) in [6.45, 7) is 0. The lowest BCUT2D eigenvalue weighted by atomic mass is 10.5. The average molecular weight is 292 g/mol. The maximum absolute atomic E-state index is 11.3. The predicted octanol–water partition coefficient (Wildman–Crippen LogP) is 0.584. The molecule has 0 saturated carbocycles. The van der Waals surface area contributed by atoms with Gasteiger partial charge in [-0.25, -0.2) is 0 Å². The summed E-state index contributed by atoms with van der Waals surface area (Å²) < 4.78 is 25.4. The topological polar surface area (TPSA) is 80.8 Å². The molecule has 1 aliphatic rings. The Balaban J connectivity index is 3.07. The van der Waals surface area contributed by atoms with Crippen molar-refractivity contribution in [1.82, 2.24) is 4.90 Å². The Morgan fingerprint density at radius 1 is 1.33 bits per heavy atom. The van der Waals surface area contributed by atoms with Crippen LogP contribution in [0.5, 0.6) is 0 Å². The van der Waals surface area contributed by atoms with E-state index in [0.29, 0.717) is 4.90 Å². The first-order valence-corrected chi connectivity index (χ1v) is 6.69. The van der Waals surface area contributed by atoms with Gasteiger partial charge in [-0.05, 0) is 0 Å². The SMILES string of the molecule is CN1C(=O)C(Cl)=C(SS(=O)(=O)OCl)C1=O. The Hall–Kier alpha value is -0.280. The lowest BCUT2D eigenvalue weighted by Crippen LogP contribution is -2.26. The van der Waals surface area contributed by atoms with Crippen molar-refractivity contribution in [2.75, 3.05) is 7.05 Å². The number of carbonyl (C=O) groups excluding carboxylic acids is 2. The fraction of sp³-hybridized carbons (Fsp3) is 0.200. The molecule has 0 N–H and O–H groups in total. The Labute approximate surface area is 98.8 Å². The van der Waals surface area contributed by atoms with Crippen LogP contribution in [0.4, 0.5) is 0 Å². The molecule has 0 aromatic heterocycles. The van der Waals surface area contributed by atoms with Crippen LogP contribution < -0.4 is 0 Å². The van der Waals surface area contributed by atoms with Crippen molar-refractivity contribution in [2.24, 2.45) is 0 Å². The van der Waals surface area contributed by atoms with Gasteiger partial charge in [0.15, 0.2) is 0 Å². The van der Waals surface area contributed by atoms with Crippen molar-refractivity contribution >= 4 is 55.2 Å². The second-order valence-corrected chi connectivity index (χ2v) is 6.37.